The number of benzene rings is 1. The van der Waals surface area contributed by atoms with E-state index >= 15 is 0 Å². The van der Waals surface area contributed by atoms with Crippen LogP contribution in [0.2, 0.25) is 5.02 Å². The molecule has 1 heterocycles. The predicted octanol–water partition coefficient (Wildman–Crippen LogP) is 5.01. The van der Waals surface area contributed by atoms with Gasteiger partial charge in [0.15, 0.2) is 0 Å². The van der Waals surface area contributed by atoms with Crippen LogP contribution in [0.25, 0.3) is 0 Å². The van der Waals surface area contributed by atoms with Gasteiger partial charge in [0, 0.05) is 18.9 Å². The molecule has 1 aromatic carbocycles. The van der Waals surface area contributed by atoms with Crippen LogP contribution < -0.4 is 0 Å². The van der Waals surface area contributed by atoms with Gasteiger partial charge in [-0.3, -0.25) is 0 Å². The molecular weight excluding hydrogens is 340 g/mol. The number of halogens is 1. The van der Waals surface area contributed by atoms with E-state index in [4.69, 9.17) is 21.1 Å². The zero-order valence-corrected chi connectivity index (χ0v) is 16.1. The van der Waals surface area contributed by atoms with Crippen LogP contribution in [0.15, 0.2) is 35.4 Å². The number of carbonyl (C=O) groups excluding carboxylic acids is 2. The number of cyclic esters (lactones) is 2. The third-order valence-electron chi connectivity index (χ3n) is 4.40. The van der Waals surface area contributed by atoms with Gasteiger partial charge in [-0.05, 0) is 47.9 Å². The van der Waals surface area contributed by atoms with Crippen molar-refractivity contribution in [2.45, 2.75) is 59.2 Å². The molecule has 1 saturated heterocycles. The standard InChI is InChI=1S/C20H25ClO4/c1-6-13(14-7-9-15(21)10-8-14)11-16(12(2)3)17-18(22)24-20(4,5)25-19(17)23/h7-10,12-13H,6,11H2,1-5H3/t13-/m1/s1. The molecular formula is C20H25ClO4. The monoisotopic (exact) mass is 364 g/mol. The number of hydrogen-bond acceptors (Lipinski definition) is 4. The van der Waals surface area contributed by atoms with Gasteiger partial charge in [-0.15, -0.1) is 0 Å². The summed E-state index contributed by atoms with van der Waals surface area (Å²) in [5, 5.41) is 0.683. The van der Waals surface area contributed by atoms with Gasteiger partial charge in [0.05, 0.1) is 0 Å². The second-order valence-electron chi connectivity index (χ2n) is 7.09. The molecule has 0 bridgehead atoms. The topological polar surface area (TPSA) is 52.6 Å². The molecule has 25 heavy (non-hydrogen) atoms. The molecule has 0 spiro atoms. The van der Waals surface area contributed by atoms with Crippen molar-refractivity contribution in [3.8, 4) is 0 Å². The molecule has 1 atom stereocenters. The number of carbonyl (C=O) groups is 2. The van der Waals surface area contributed by atoms with Crippen molar-refractivity contribution in [3.05, 3.63) is 46.0 Å². The Labute approximate surface area is 154 Å². The second-order valence-corrected chi connectivity index (χ2v) is 7.53. The minimum Gasteiger partial charge on any atom is -0.419 e. The highest BCUT2D eigenvalue weighted by Crippen LogP contribution is 2.35. The smallest absolute Gasteiger partial charge is 0.348 e. The molecule has 1 fully saturated rings. The lowest BCUT2D eigenvalue weighted by molar-refractivity contribution is -0.222. The summed E-state index contributed by atoms with van der Waals surface area (Å²) in [6.45, 7) is 9.13. The van der Waals surface area contributed by atoms with E-state index < -0.39 is 17.7 Å². The quantitative estimate of drug-likeness (QED) is 0.418. The Balaban J connectivity index is 2.38. The molecule has 1 aromatic rings. The van der Waals surface area contributed by atoms with E-state index in [9.17, 15) is 9.59 Å². The fraction of sp³-hybridized carbons (Fsp3) is 0.500. The average molecular weight is 365 g/mol. The zero-order chi connectivity index (χ0) is 18.8. The summed E-state index contributed by atoms with van der Waals surface area (Å²) in [4.78, 5) is 24.8. The van der Waals surface area contributed by atoms with Crippen molar-refractivity contribution in [2.75, 3.05) is 0 Å². The maximum absolute atomic E-state index is 12.4. The molecule has 4 nitrogen and oxygen atoms in total. The number of ether oxygens (including phenoxy) is 2. The lowest BCUT2D eigenvalue weighted by Gasteiger charge is -2.32. The summed E-state index contributed by atoms with van der Waals surface area (Å²) in [7, 11) is 0. The molecule has 0 amide bonds. The lowest BCUT2D eigenvalue weighted by atomic mass is 9.83. The van der Waals surface area contributed by atoms with Gasteiger partial charge >= 0.3 is 11.9 Å². The molecule has 0 aromatic heterocycles. The Kier molecular flexibility index (Phi) is 5.94. The number of esters is 2. The minimum atomic E-state index is -1.22. The third kappa shape index (κ3) is 4.63. The van der Waals surface area contributed by atoms with Crippen LogP contribution in [0.3, 0.4) is 0 Å². The average Bonchev–Trinajstić information content (AvgIpc) is 2.49. The molecule has 2 rings (SSSR count). The molecule has 0 aliphatic carbocycles. The van der Waals surface area contributed by atoms with E-state index in [-0.39, 0.29) is 17.4 Å². The maximum atomic E-state index is 12.4. The summed E-state index contributed by atoms with van der Waals surface area (Å²) >= 11 is 5.97. The first-order chi connectivity index (χ1) is 11.6. The van der Waals surface area contributed by atoms with Crippen molar-refractivity contribution in [1.29, 1.82) is 0 Å². The van der Waals surface area contributed by atoms with Crippen molar-refractivity contribution < 1.29 is 19.1 Å². The number of hydrogen-bond donors (Lipinski definition) is 0. The first-order valence-corrected chi connectivity index (χ1v) is 8.97. The van der Waals surface area contributed by atoms with Gasteiger partial charge in [0.2, 0.25) is 0 Å². The lowest BCUT2D eigenvalue weighted by Crippen LogP contribution is -2.42. The third-order valence-corrected chi connectivity index (χ3v) is 4.66. The van der Waals surface area contributed by atoms with E-state index in [0.29, 0.717) is 11.4 Å². The van der Waals surface area contributed by atoms with Crippen LogP contribution >= 0.6 is 11.6 Å². The normalized spacial score (nSPS) is 18.0. The first kappa shape index (κ1) is 19.5. The van der Waals surface area contributed by atoms with Gasteiger partial charge in [-0.25, -0.2) is 9.59 Å². The molecule has 0 unspecified atom stereocenters. The molecule has 0 radical (unpaired) electrons. The number of rotatable bonds is 5. The van der Waals surface area contributed by atoms with Crippen LogP contribution in [-0.4, -0.2) is 17.7 Å². The second kappa shape index (κ2) is 7.61. The fourth-order valence-corrected chi connectivity index (χ4v) is 3.17. The van der Waals surface area contributed by atoms with Crippen molar-refractivity contribution in [2.24, 2.45) is 5.92 Å². The minimum absolute atomic E-state index is 0.0256. The molecule has 1 aliphatic rings. The van der Waals surface area contributed by atoms with Crippen molar-refractivity contribution in [1.82, 2.24) is 0 Å². The van der Waals surface area contributed by atoms with Gasteiger partial charge in [-0.2, -0.15) is 0 Å². The molecule has 0 saturated carbocycles. The largest absolute Gasteiger partial charge is 0.419 e. The van der Waals surface area contributed by atoms with E-state index in [1.165, 1.54) is 0 Å². The van der Waals surface area contributed by atoms with Crippen LogP contribution in [0.5, 0.6) is 0 Å². The Hall–Kier alpha value is -1.81. The first-order valence-electron chi connectivity index (χ1n) is 8.59. The highest BCUT2D eigenvalue weighted by molar-refractivity contribution is 6.30. The van der Waals surface area contributed by atoms with Gasteiger partial charge in [0.25, 0.3) is 5.79 Å². The van der Waals surface area contributed by atoms with Crippen LogP contribution in [0, 0.1) is 5.92 Å². The Morgan fingerprint density at radius 1 is 1.08 bits per heavy atom. The van der Waals surface area contributed by atoms with E-state index in [0.717, 1.165) is 17.6 Å². The molecule has 5 heteroatoms. The van der Waals surface area contributed by atoms with Crippen molar-refractivity contribution in [3.63, 3.8) is 0 Å². The molecule has 136 valence electrons. The summed E-state index contributed by atoms with van der Waals surface area (Å²) in [6.07, 6.45) is 1.47. The summed E-state index contributed by atoms with van der Waals surface area (Å²) in [6, 6.07) is 7.68. The van der Waals surface area contributed by atoms with E-state index in [1.807, 2.05) is 38.1 Å². The molecule has 1 aliphatic heterocycles. The predicted molar refractivity (Wildman–Crippen MR) is 97.2 cm³/mol. The molecule has 0 N–H and O–H groups in total. The summed E-state index contributed by atoms with van der Waals surface area (Å²) in [5.41, 5.74) is 1.94. The van der Waals surface area contributed by atoms with Crippen LogP contribution in [0.1, 0.15) is 58.9 Å². The SMILES string of the molecule is CC[C@H](CC(=C1C(=O)OC(C)(C)OC1=O)C(C)C)c1ccc(Cl)cc1. The van der Waals surface area contributed by atoms with Crippen molar-refractivity contribution >= 4 is 23.5 Å². The van der Waals surface area contributed by atoms with Crippen LogP contribution in [-0.2, 0) is 19.1 Å². The summed E-state index contributed by atoms with van der Waals surface area (Å²) in [5.74, 6) is -2.22. The number of allylic oxidation sites excluding steroid dienone is 1. The van der Waals surface area contributed by atoms with Crippen LogP contribution in [0.4, 0.5) is 0 Å². The Bertz CT molecular complexity index is 664. The maximum Gasteiger partial charge on any atom is 0.348 e. The zero-order valence-electron chi connectivity index (χ0n) is 15.4. The van der Waals surface area contributed by atoms with Gasteiger partial charge < -0.3 is 9.47 Å². The fourth-order valence-electron chi connectivity index (χ4n) is 3.04. The Morgan fingerprint density at radius 2 is 1.60 bits per heavy atom. The van der Waals surface area contributed by atoms with E-state index in [1.54, 1.807) is 13.8 Å². The van der Waals surface area contributed by atoms with Gasteiger partial charge in [-0.1, -0.05) is 44.5 Å². The highest BCUT2D eigenvalue weighted by atomic mass is 35.5. The van der Waals surface area contributed by atoms with E-state index in [2.05, 4.69) is 6.92 Å². The van der Waals surface area contributed by atoms with Gasteiger partial charge in [0.1, 0.15) is 5.57 Å². The Morgan fingerprint density at radius 3 is 2.04 bits per heavy atom. The summed E-state index contributed by atoms with van der Waals surface area (Å²) < 4.78 is 10.5. The highest BCUT2D eigenvalue weighted by Gasteiger charge is 2.41.